The zero-order valence-electron chi connectivity index (χ0n) is 23.7. The lowest BCUT2D eigenvalue weighted by Gasteiger charge is -2.23. The molecule has 0 radical (unpaired) electrons. The molecule has 2 unspecified atom stereocenters. The van der Waals surface area contributed by atoms with Crippen LogP contribution in [0.2, 0.25) is 0 Å². The van der Waals surface area contributed by atoms with E-state index in [4.69, 9.17) is 4.74 Å². The van der Waals surface area contributed by atoms with Crippen molar-refractivity contribution >= 4 is 29.6 Å². The van der Waals surface area contributed by atoms with Gasteiger partial charge in [0.2, 0.25) is 0 Å². The lowest BCUT2D eigenvalue weighted by Crippen LogP contribution is -2.32. The minimum absolute atomic E-state index is 0.0219. The second-order valence-electron chi connectivity index (χ2n) is 11.4. The molecule has 0 aromatic heterocycles. The highest BCUT2D eigenvalue weighted by Crippen LogP contribution is 2.33. The number of rotatable bonds is 10. The second kappa shape index (κ2) is 12.4. The molecule has 0 bridgehead atoms. The largest absolute Gasteiger partial charge is 0.481 e. The number of ketones is 1. The minimum Gasteiger partial charge on any atom is -0.481 e. The van der Waals surface area contributed by atoms with Crippen molar-refractivity contribution in [2.45, 2.75) is 71.8 Å². The summed E-state index contributed by atoms with van der Waals surface area (Å²) < 4.78 is 5.44. The summed E-state index contributed by atoms with van der Waals surface area (Å²) in [7, 11) is 0. The fourth-order valence-electron chi connectivity index (χ4n) is 5.23. The van der Waals surface area contributed by atoms with Crippen molar-refractivity contribution < 1.29 is 24.2 Å². The fraction of sp³-hybridized carbons (Fsp3) is 0.516. The molecule has 2 aromatic rings. The average molecular weight is 540 g/mol. The molecular weight excluding hydrogens is 498 g/mol. The van der Waals surface area contributed by atoms with Crippen LogP contribution in [0, 0.1) is 31.1 Å². The third-order valence-electron chi connectivity index (χ3n) is 7.50. The number of aliphatic carboxylic acids is 1. The molecule has 1 amide bonds. The highest BCUT2D eigenvalue weighted by molar-refractivity contribution is 7.98. The molecule has 1 fully saturated rings. The van der Waals surface area contributed by atoms with Crippen LogP contribution in [0.1, 0.15) is 66.7 Å². The molecule has 6 nitrogen and oxygen atoms in total. The van der Waals surface area contributed by atoms with Crippen LogP contribution >= 0.6 is 11.8 Å². The molecule has 206 valence electrons. The first-order valence-electron chi connectivity index (χ1n) is 13.3. The summed E-state index contributed by atoms with van der Waals surface area (Å²) in [6.45, 7) is 12.1. The Labute approximate surface area is 231 Å². The lowest BCUT2D eigenvalue weighted by atomic mass is 9.81. The SMILES string of the molecule is CSc1ccc(C(=O)C2CN(C(=O)OC(C)C)CC2CCc2cc(C)c(CC(C)(C)C(=O)O)c(C)c2)cc1. The fourth-order valence-corrected chi connectivity index (χ4v) is 5.64. The van der Waals surface area contributed by atoms with Gasteiger partial charge in [-0.3, -0.25) is 9.59 Å². The molecule has 1 heterocycles. The van der Waals surface area contributed by atoms with E-state index in [9.17, 15) is 19.5 Å². The van der Waals surface area contributed by atoms with Crippen molar-refractivity contribution in [2.75, 3.05) is 19.3 Å². The first-order chi connectivity index (χ1) is 17.8. The number of carbonyl (C=O) groups excluding carboxylic acids is 2. The van der Waals surface area contributed by atoms with Gasteiger partial charge in [0.1, 0.15) is 0 Å². The summed E-state index contributed by atoms with van der Waals surface area (Å²) in [5.41, 5.74) is 4.25. The van der Waals surface area contributed by atoms with E-state index < -0.39 is 11.4 Å². The summed E-state index contributed by atoms with van der Waals surface area (Å²) in [6, 6.07) is 12.0. The molecule has 1 N–H and O–H groups in total. The van der Waals surface area contributed by atoms with E-state index in [1.54, 1.807) is 30.5 Å². The van der Waals surface area contributed by atoms with E-state index in [0.29, 0.717) is 25.1 Å². The predicted octanol–water partition coefficient (Wildman–Crippen LogP) is 6.59. The van der Waals surface area contributed by atoms with Crippen molar-refractivity contribution in [3.8, 4) is 0 Å². The maximum atomic E-state index is 13.6. The molecule has 0 spiro atoms. The maximum absolute atomic E-state index is 13.6. The molecule has 7 heteroatoms. The molecule has 1 aliphatic rings. The van der Waals surface area contributed by atoms with E-state index in [1.807, 2.05) is 58.2 Å². The Bertz CT molecular complexity index is 1150. The number of amides is 1. The van der Waals surface area contributed by atoms with Crippen molar-refractivity contribution in [2.24, 2.45) is 17.3 Å². The van der Waals surface area contributed by atoms with Crippen molar-refractivity contribution in [3.05, 3.63) is 64.2 Å². The van der Waals surface area contributed by atoms with Crippen LogP contribution in [-0.2, 0) is 22.4 Å². The molecule has 2 aromatic carbocycles. The summed E-state index contributed by atoms with van der Waals surface area (Å²) in [6.07, 6.45) is 3.44. The molecule has 2 atom stereocenters. The number of carboxylic acid groups (broad SMARTS) is 1. The number of hydrogen-bond acceptors (Lipinski definition) is 5. The molecule has 1 saturated heterocycles. The van der Waals surface area contributed by atoms with E-state index in [2.05, 4.69) is 12.1 Å². The van der Waals surface area contributed by atoms with Crippen LogP contribution in [0.15, 0.2) is 41.3 Å². The zero-order valence-corrected chi connectivity index (χ0v) is 24.5. The number of thioether (sulfide) groups is 1. The number of likely N-dealkylation sites (tertiary alicyclic amines) is 1. The van der Waals surface area contributed by atoms with Gasteiger partial charge in [0.15, 0.2) is 5.78 Å². The number of benzene rings is 2. The minimum atomic E-state index is -0.837. The number of nitrogens with zero attached hydrogens (tertiary/aromatic N) is 1. The van der Waals surface area contributed by atoms with Crippen molar-refractivity contribution in [3.63, 3.8) is 0 Å². The van der Waals surface area contributed by atoms with Gasteiger partial charge in [-0.1, -0.05) is 24.3 Å². The van der Waals surface area contributed by atoms with Crippen LogP contribution in [0.25, 0.3) is 0 Å². The van der Waals surface area contributed by atoms with Crippen LogP contribution in [0.3, 0.4) is 0 Å². The Morgan fingerprint density at radius 1 is 1.08 bits per heavy atom. The number of Topliss-reactive ketones (excluding diaryl/α,β-unsaturated/α-hetero) is 1. The second-order valence-corrected chi connectivity index (χ2v) is 12.3. The Kier molecular flexibility index (Phi) is 9.69. The summed E-state index contributed by atoms with van der Waals surface area (Å²) in [4.78, 5) is 40.7. The van der Waals surface area contributed by atoms with Gasteiger partial charge in [-0.15, -0.1) is 11.8 Å². The van der Waals surface area contributed by atoms with Crippen LogP contribution in [-0.4, -0.2) is 53.3 Å². The van der Waals surface area contributed by atoms with E-state index in [1.165, 1.54) is 0 Å². The first-order valence-corrected chi connectivity index (χ1v) is 14.5. The lowest BCUT2D eigenvalue weighted by molar-refractivity contribution is -0.146. The smallest absolute Gasteiger partial charge is 0.410 e. The quantitative estimate of drug-likeness (QED) is 0.271. The highest BCUT2D eigenvalue weighted by atomic mass is 32.2. The summed E-state index contributed by atoms with van der Waals surface area (Å²) >= 11 is 1.64. The van der Waals surface area contributed by atoms with Crippen LogP contribution < -0.4 is 0 Å². The van der Waals surface area contributed by atoms with Gasteiger partial charge in [-0.25, -0.2) is 4.79 Å². The van der Waals surface area contributed by atoms with Crippen molar-refractivity contribution in [1.82, 2.24) is 4.90 Å². The maximum Gasteiger partial charge on any atom is 0.410 e. The molecule has 38 heavy (non-hydrogen) atoms. The molecule has 3 rings (SSSR count). The predicted molar refractivity (Wildman–Crippen MR) is 152 cm³/mol. The number of aryl methyl sites for hydroxylation is 3. The van der Waals surface area contributed by atoms with Gasteiger partial charge in [-0.2, -0.15) is 0 Å². The number of carbonyl (C=O) groups is 3. The Morgan fingerprint density at radius 2 is 1.68 bits per heavy atom. The number of carboxylic acids is 1. The normalized spacial score (nSPS) is 17.6. The van der Waals surface area contributed by atoms with Crippen LogP contribution in [0.4, 0.5) is 4.79 Å². The molecule has 0 aliphatic carbocycles. The molecule has 1 aliphatic heterocycles. The van der Waals surface area contributed by atoms with E-state index >= 15 is 0 Å². The number of hydrogen-bond donors (Lipinski definition) is 1. The third kappa shape index (κ3) is 7.19. The van der Waals surface area contributed by atoms with Crippen LogP contribution in [0.5, 0.6) is 0 Å². The molecule has 0 saturated carbocycles. The summed E-state index contributed by atoms with van der Waals surface area (Å²) in [5.74, 6) is -0.997. The van der Waals surface area contributed by atoms with Gasteiger partial charge in [0.05, 0.1) is 11.5 Å². The Morgan fingerprint density at radius 3 is 2.21 bits per heavy atom. The highest BCUT2D eigenvalue weighted by Gasteiger charge is 2.40. The standard InChI is InChI=1S/C31H41NO5S/c1-19(2)37-30(36)32-17-24(27(18-32)28(33)23-10-12-25(38-7)13-11-23)9-8-22-14-20(3)26(21(4)15-22)16-31(5,6)29(34)35/h10-15,19,24,27H,8-9,16-18H2,1-7H3,(H,34,35). The summed E-state index contributed by atoms with van der Waals surface area (Å²) in [5, 5.41) is 9.57. The van der Waals surface area contributed by atoms with Gasteiger partial charge in [0.25, 0.3) is 0 Å². The van der Waals surface area contributed by atoms with Crippen molar-refractivity contribution in [1.29, 1.82) is 0 Å². The van der Waals surface area contributed by atoms with Gasteiger partial charge in [0, 0.05) is 29.5 Å². The van der Waals surface area contributed by atoms with Gasteiger partial charge in [-0.05, 0) is 107 Å². The van der Waals surface area contributed by atoms with Gasteiger partial charge >= 0.3 is 12.1 Å². The zero-order chi connectivity index (χ0) is 28.2. The molecular formula is C31H41NO5S. The first kappa shape index (κ1) is 29.8. The monoisotopic (exact) mass is 539 g/mol. The number of ether oxygens (including phenoxy) is 1. The Hall–Kier alpha value is -2.80. The average Bonchev–Trinajstić information content (AvgIpc) is 3.28. The van der Waals surface area contributed by atoms with E-state index in [0.717, 1.165) is 40.0 Å². The third-order valence-corrected chi connectivity index (χ3v) is 8.25. The van der Waals surface area contributed by atoms with E-state index in [-0.39, 0.29) is 29.8 Å². The topological polar surface area (TPSA) is 83.9 Å². The Balaban J connectivity index is 1.79. The van der Waals surface area contributed by atoms with Gasteiger partial charge < -0.3 is 14.7 Å².